The van der Waals surface area contributed by atoms with E-state index in [-0.39, 0.29) is 17.3 Å². The molecule has 30 heavy (non-hydrogen) atoms. The fraction of sp³-hybridized carbons (Fsp3) is 0.304. The van der Waals surface area contributed by atoms with Gasteiger partial charge in [-0.2, -0.15) is 0 Å². The quantitative estimate of drug-likeness (QED) is 0.417. The number of hydrogen-bond acceptors (Lipinski definition) is 5. The van der Waals surface area contributed by atoms with Crippen molar-refractivity contribution < 1.29 is 24.2 Å². The van der Waals surface area contributed by atoms with Crippen molar-refractivity contribution in [2.24, 2.45) is 5.92 Å². The summed E-state index contributed by atoms with van der Waals surface area (Å²) in [7, 11) is 3.04. The van der Waals surface area contributed by atoms with Crippen LogP contribution in [0.2, 0.25) is 5.02 Å². The number of carbonyl (C=O) groups is 2. The Morgan fingerprint density at radius 1 is 1.07 bits per heavy atom. The van der Waals surface area contributed by atoms with Crippen LogP contribution in [-0.2, 0) is 9.59 Å². The number of amides is 1. The summed E-state index contributed by atoms with van der Waals surface area (Å²) >= 11 is 5.94. The molecular weight excluding hydrogens is 406 g/mol. The third-order valence-electron chi connectivity index (χ3n) is 4.94. The molecule has 0 aromatic heterocycles. The average Bonchev–Trinajstić information content (AvgIpc) is 2.97. The van der Waals surface area contributed by atoms with Crippen molar-refractivity contribution in [1.82, 2.24) is 4.90 Å². The van der Waals surface area contributed by atoms with Crippen LogP contribution in [0.3, 0.4) is 0 Å². The number of carbonyl (C=O) groups excluding carboxylic acids is 2. The van der Waals surface area contributed by atoms with Gasteiger partial charge in [-0.05, 0) is 47.9 Å². The highest BCUT2D eigenvalue weighted by atomic mass is 35.5. The maximum Gasteiger partial charge on any atom is 0.295 e. The highest BCUT2D eigenvalue weighted by Crippen LogP contribution is 2.42. The van der Waals surface area contributed by atoms with E-state index in [1.807, 2.05) is 13.8 Å². The van der Waals surface area contributed by atoms with Crippen LogP contribution in [0.5, 0.6) is 11.5 Å². The zero-order valence-corrected chi connectivity index (χ0v) is 18.1. The molecule has 1 fully saturated rings. The Hall–Kier alpha value is -2.99. The molecule has 1 saturated heterocycles. The number of likely N-dealkylation sites (tertiary alicyclic amines) is 1. The van der Waals surface area contributed by atoms with E-state index < -0.39 is 17.7 Å². The van der Waals surface area contributed by atoms with Crippen LogP contribution in [0.1, 0.15) is 31.0 Å². The Kier molecular flexibility index (Phi) is 6.37. The molecule has 2 aromatic carbocycles. The highest BCUT2D eigenvalue weighted by Gasteiger charge is 2.46. The largest absolute Gasteiger partial charge is 0.507 e. The molecule has 0 saturated carbocycles. The second-order valence-corrected chi connectivity index (χ2v) is 7.90. The number of Topliss-reactive ketones (excluding diaryl/α,β-unsaturated/α-hetero) is 1. The Morgan fingerprint density at radius 3 is 2.27 bits per heavy atom. The first kappa shape index (κ1) is 21.7. The van der Waals surface area contributed by atoms with Crippen LogP contribution in [0.25, 0.3) is 5.76 Å². The third kappa shape index (κ3) is 4.00. The summed E-state index contributed by atoms with van der Waals surface area (Å²) < 4.78 is 10.7. The van der Waals surface area contributed by atoms with Gasteiger partial charge in [0.15, 0.2) is 11.5 Å². The van der Waals surface area contributed by atoms with Crippen molar-refractivity contribution >= 4 is 29.1 Å². The first-order valence-corrected chi connectivity index (χ1v) is 9.92. The Morgan fingerprint density at radius 2 is 1.70 bits per heavy atom. The maximum absolute atomic E-state index is 12.9. The lowest BCUT2D eigenvalue weighted by atomic mass is 9.94. The molecule has 3 rings (SSSR count). The van der Waals surface area contributed by atoms with Gasteiger partial charge in [-0.25, -0.2) is 0 Å². The smallest absolute Gasteiger partial charge is 0.295 e. The molecule has 0 radical (unpaired) electrons. The second kappa shape index (κ2) is 8.79. The van der Waals surface area contributed by atoms with E-state index in [0.29, 0.717) is 34.2 Å². The van der Waals surface area contributed by atoms with E-state index in [1.54, 1.807) is 42.5 Å². The number of ketones is 1. The van der Waals surface area contributed by atoms with Crippen LogP contribution in [-0.4, -0.2) is 42.5 Å². The molecule has 0 bridgehead atoms. The van der Waals surface area contributed by atoms with Crippen molar-refractivity contribution in [1.29, 1.82) is 0 Å². The molecule has 0 aliphatic carbocycles. The van der Waals surface area contributed by atoms with Gasteiger partial charge in [-0.3, -0.25) is 9.59 Å². The van der Waals surface area contributed by atoms with E-state index in [4.69, 9.17) is 21.1 Å². The van der Waals surface area contributed by atoms with E-state index in [9.17, 15) is 14.7 Å². The van der Waals surface area contributed by atoms with Crippen molar-refractivity contribution in [3.8, 4) is 11.5 Å². The SMILES string of the molecule is COc1ccc([C@H]2C(=C(O)c3ccc(Cl)cc3)C(=O)C(=O)N2CC(C)C)cc1OC. The predicted octanol–water partition coefficient (Wildman–Crippen LogP) is 4.43. The summed E-state index contributed by atoms with van der Waals surface area (Å²) in [5.41, 5.74) is 1.09. The number of rotatable bonds is 6. The maximum atomic E-state index is 12.9. The van der Waals surface area contributed by atoms with Gasteiger partial charge in [0.05, 0.1) is 25.8 Å². The number of benzene rings is 2. The summed E-state index contributed by atoms with van der Waals surface area (Å²) in [6, 6.07) is 10.9. The molecule has 1 amide bonds. The minimum Gasteiger partial charge on any atom is -0.507 e. The molecular formula is C23H24ClNO5. The fourth-order valence-electron chi connectivity index (χ4n) is 3.59. The van der Waals surface area contributed by atoms with Gasteiger partial charge in [0.1, 0.15) is 5.76 Å². The first-order chi connectivity index (χ1) is 14.3. The predicted molar refractivity (Wildman–Crippen MR) is 115 cm³/mol. The Balaban J connectivity index is 2.21. The zero-order valence-electron chi connectivity index (χ0n) is 17.3. The normalized spacial score (nSPS) is 18.2. The van der Waals surface area contributed by atoms with Crippen LogP contribution < -0.4 is 9.47 Å². The molecule has 2 aromatic rings. The molecule has 0 unspecified atom stereocenters. The van der Waals surface area contributed by atoms with Gasteiger partial charge in [0.25, 0.3) is 11.7 Å². The third-order valence-corrected chi connectivity index (χ3v) is 5.19. The summed E-state index contributed by atoms with van der Waals surface area (Å²) in [5, 5.41) is 11.5. The number of aliphatic hydroxyl groups excluding tert-OH is 1. The van der Waals surface area contributed by atoms with Crippen molar-refractivity contribution in [3.63, 3.8) is 0 Å². The molecule has 1 aliphatic rings. The molecule has 1 atom stereocenters. The molecule has 1 heterocycles. The van der Waals surface area contributed by atoms with Gasteiger partial charge in [0, 0.05) is 17.1 Å². The first-order valence-electron chi connectivity index (χ1n) is 9.54. The standard InChI is InChI=1S/C23H24ClNO5/c1-13(2)12-25-20(15-7-10-17(29-3)18(11-15)30-4)19(22(27)23(25)28)21(26)14-5-8-16(24)9-6-14/h5-11,13,20,26H,12H2,1-4H3/t20-/m0/s1. The summed E-state index contributed by atoms with van der Waals surface area (Å²) in [6.45, 7) is 4.29. The number of hydrogen-bond donors (Lipinski definition) is 1. The van der Waals surface area contributed by atoms with Gasteiger partial charge in [0.2, 0.25) is 0 Å². The lowest BCUT2D eigenvalue weighted by Crippen LogP contribution is -2.33. The lowest BCUT2D eigenvalue weighted by Gasteiger charge is -2.27. The number of halogens is 1. The van der Waals surface area contributed by atoms with Crippen LogP contribution in [0, 0.1) is 5.92 Å². The highest BCUT2D eigenvalue weighted by molar-refractivity contribution is 6.46. The van der Waals surface area contributed by atoms with Gasteiger partial charge >= 0.3 is 0 Å². The van der Waals surface area contributed by atoms with Gasteiger partial charge in [-0.15, -0.1) is 0 Å². The minimum absolute atomic E-state index is 0.0372. The van der Waals surface area contributed by atoms with E-state index in [2.05, 4.69) is 0 Å². The van der Waals surface area contributed by atoms with E-state index >= 15 is 0 Å². The molecule has 7 heteroatoms. The Labute approximate surface area is 180 Å². The monoisotopic (exact) mass is 429 g/mol. The molecule has 158 valence electrons. The van der Waals surface area contributed by atoms with Crippen molar-refractivity contribution in [3.05, 3.63) is 64.2 Å². The van der Waals surface area contributed by atoms with E-state index in [1.165, 1.54) is 19.1 Å². The summed E-state index contributed by atoms with van der Waals surface area (Å²) in [6.07, 6.45) is 0. The Bertz CT molecular complexity index is 997. The number of methoxy groups -OCH3 is 2. The van der Waals surface area contributed by atoms with Gasteiger partial charge in [-0.1, -0.05) is 31.5 Å². The summed E-state index contributed by atoms with van der Waals surface area (Å²) in [4.78, 5) is 27.3. The van der Waals surface area contributed by atoms with Gasteiger partial charge < -0.3 is 19.5 Å². The fourth-order valence-corrected chi connectivity index (χ4v) is 3.72. The summed E-state index contributed by atoms with van der Waals surface area (Å²) in [5.74, 6) is -0.476. The topological polar surface area (TPSA) is 76.1 Å². The van der Waals surface area contributed by atoms with Crippen LogP contribution in [0.15, 0.2) is 48.0 Å². The second-order valence-electron chi connectivity index (χ2n) is 7.47. The van der Waals surface area contributed by atoms with Crippen molar-refractivity contribution in [2.45, 2.75) is 19.9 Å². The minimum atomic E-state index is -0.747. The number of nitrogens with zero attached hydrogens (tertiary/aromatic N) is 1. The molecule has 1 aliphatic heterocycles. The molecule has 6 nitrogen and oxygen atoms in total. The lowest BCUT2D eigenvalue weighted by molar-refractivity contribution is -0.140. The number of ether oxygens (including phenoxy) is 2. The average molecular weight is 430 g/mol. The number of aliphatic hydroxyl groups is 1. The molecule has 1 N–H and O–H groups in total. The zero-order chi connectivity index (χ0) is 22.0. The van der Waals surface area contributed by atoms with Crippen LogP contribution >= 0.6 is 11.6 Å². The van der Waals surface area contributed by atoms with E-state index in [0.717, 1.165) is 0 Å². The van der Waals surface area contributed by atoms with Crippen molar-refractivity contribution in [2.75, 3.05) is 20.8 Å². The molecule has 0 spiro atoms. The van der Waals surface area contributed by atoms with Crippen LogP contribution in [0.4, 0.5) is 0 Å².